The molecule has 0 aliphatic carbocycles. The summed E-state index contributed by atoms with van der Waals surface area (Å²) in [6, 6.07) is 0. The van der Waals surface area contributed by atoms with Gasteiger partial charge in [0.2, 0.25) is 0 Å². The van der Waals surface area contributed by atoms with Crippen LogP contribution in [-0.2, 0) is 9.47 Å². The fourth-order valence-corrected chi connectivity index (χ4v) is 0.696. The minimum atomic E-state index is -1.54. The van der Waals surface area contributed by atoms with Crippen LogP contribution in [0.2, 0.25) is 0 Å². The molecule has 0 amide bonds. The molecule has 0 aromatic heterocycles. The topological polar surface area (TPSA) is 95.9 Å². The van der Waals surface area contributed by atoms with E-state index < -0.39 is 12.3 Å². The minimum Gasteiger partial charge on any atom is -0.550 e. The first-order valence-corrected chi connectivity index (χ1v) is 3.82. The van der Waals surface area contributed by atoms with Gasteiger partial charge in [-0.3, -0.25) is 0 Å². The van der Waals surface area contributed by atoms with E-state index in [1.165, 1.54) is 0 Å². The van der Waals surface area contributed by atoms with E-state index in [0.29, 0.717) is 19.3 Å². The van der Waals surface area contributed by atoms with Gasteiger partial charge in [-0.2, -0.15) is 0 Å². The molecule has 13 heavy (non-hydrogen) atoms. The molecule has 0 atom stereocenters. The lowest BCUT2D eigenvalue weighted by molar-refractivity contribution is -0.282. The maximum absolute atomic E-state index is 9.84. The molecule has 1 N–H and O–H groups in total. The minimum absolute atomic E-state index is 0.0788. The van der Waals surface area contributed by atoms with Crippen molar-refractivity contribution >= 4 is 12.3 Å². The zero-order chi connectivity index (χ0) is 10.1. The molecule has 0 aliphatic rings. The molecule has 0 aromatic carbocycles. The van der Waals surface area contributed by atoms with Crippen LogP contribution in [-0.4, -0.2) is 30.6 Å². The second-order valence-electron chi connectivity index (χ2n) is 2.27. The van der Waals surface area contributed by atoms with Crippen molar-refractivity contribution in [3.8, 4) is 0 Å². The predicted molar refractivity (Wildman–Crippen MR) is 39.2 cm³/mol. The maximum atomic E-state index is 9.84. The third-order valence-corrected chi connectivity index (χ3v) is 1.23. The summed E-state index contributed by atoms with van der Waals surface area (Å²) in [6.07, 6.45) is -1.09. The normalized spacial score (nSPS) is 9.23. The molecule has 0 radical (unpaired) electrons. The molecule has 0 bridgehead atoms. The zero-order valence-corrected chi connectivity index (χ0v) is 7.02. The van der Waals surface area contributed by atoms with Crippen LogP contribution in [0.1, 0.15) is 19.3 Å². The van der Waals surface area contributed by atoms with Crippen molar-refractivity contribution in [2.45, 2.75) is 19.3 Å². The molecule has 0 heterocycles. The van der Waals surface area contributed by atoms with Crippen LogP contribution in [0.4, 0.5) is 9.59 Å². The number of ether oxygens (including phenoxy) is 2. The smallest absolute Gasteiger partial charge is 0.505 e. The molecule has 0 unspecified atom stereocenters. The van der Waals surface area contributed by atoms with Gasteiger partial charge in [0.05, 0.1) is 6.61 Å². The van der Waals surface area contributed by atoms with Gasteiger partial charge in [0.15, 0.2) is 0 Å². The van der Waals surface area contributed by atoms with Crippen molar-refractivity contribution in [1.29, 1.82) is 0 Å². The average Bonchev–Trinajstić information content (AvgIpc) is 2.01. The Morgan fingerprint density at radius 1 is 1.08 bits per heavy atom. The Kier molecular flexibility index (Phi) is 6.39. The molecule has 6 nitrogen and oxygen atoms in total. The first kappa shape index (κ1) is 11.5. The molecule has 0 fully saturated rings. The molecule has 0 spiro atoms. The molecule has 0 rings (SSSR count). The molecular formula is C7H11O6-. The van der Waals surface area contributed by atoms with Gasteiger partial charge in [0, 0.05) is 6.61 Å². The summed E-state index contributed by atoms with van der Waals surface area (Å²) in [4.78, 5) is 19.6. The monoisotopic (exact) mass is 191 g/mol. The van der Waals surface area contributed by atoms with Gasteiger partial charge >= 0.3 is 6.16 Å². The van der Waals surface area contributed by atoms with E-state index in [2.05, 4.69) is 9.47 Å². The van der Waals surface area contributed by atoms with Crippen LogP contribution in [0.5, 0.6) is 0 Å². The number of hydrogen-bond donors (Lipinski definition) is 1. The van der Waals surface area contributed by atoms with Crippen LogP contribution in [0.25, 0.3) is 0 Å². The van der Waals surface area contributed by atoms with Gasteiger partial charge in [0.25, 0.3) is 6.16 Å². The standard InChI is InChI=1S/C7H12O6/c8-6(9)12-4-2-1-3-5-13-7(10)11/h1-5H2,(H,8,9)(H,10,11)/p-1. The summed E-state index contributed by atoms with van der Waals surface area (Å²) in [5, 5.41) is 17.8. The number of carboxylic acid groups (broad SMARTS) is 2. The fraction of sp³-hybridized carbons (Fsp3) is 0.714. The highest BCUT2D eigenvalue weighted by Crippen LogP contribution is 1.96. The van der Waals surface area contributed by atoms with E-state index in [0.717, 1.165) is 0 Å². The molecule has 76 valence electrons. The van der Waals surface area contributed by atoms with Crippen molar-refractivity contribution in [2.75, 3.05) is 13.2 Å². The SMILES string of the molecule is O=C([O-])OCCCCCOC(=O)O. The summed E-state index contributed by atoms with van der Waals surface area (Å²) in [5.74, 6) is 0. The summed E-state index contributed by atoms with van der Waals surface area (Å²) in [7, 11) is 0. The molecule has 6 heteroatoms. The second-order valence-corrected chi connectivity index (χ2v) is 2.27. The van der Waals surface area contributed by atoms with Crippen molar-refractivity contribution < 1.29 is 29.3 Å². The van der Waals surface area contributed by atoms with Gasteiger partial charge < -0.3 is 24.5 Å². The average molecular weight is 191 g/mol. The lowest BCUT2D eigenvalue weighted by atomic mass is 10.2. The molecule has 0 aliphatic heterocycles. The largest absolute Gasteiger partial charge is 0.550 e. The first-order chi connectivity index (χ1) is 6.13. The third-order valence-electron chi connectivity index (χ3n) is 1.23. The number of hydrogen-bond acceptors (Lipinski definition) is 5. The number of rotatable bonds is 6. The van der Waals surface area contributed by atoms with E-state index in [-0.39, 0.29) is 13.2 Å². The third kappa shape index (κ3) is 10.5. The van der Waals surface area contributed by atoms with Crippen molar-refractivity contribution in [2.24, 2.45) is 0 Å². The van der Waals surface area contributed by atoms with Crippen molar-refractivity contribution in [1.82, 2.24) is 0 Å². The molecule has 0 saturated heterocycles. The lowest BCUT2D eigenvalue weighted by Crippen LogP contribution is -2.23. The van der Waals surface area contributed by atoms with Gasteiger partial charge in [-0.05, 0) is 19.3 Å². The molecular weight excluding hydrogens is 180 g/mol. The van der Waals surface area contributed by atoms with Crippen molar-refractivity contribution in [3.05, 3.63) is 0 Å². The van der Waals surface area contributed by atoms with Crippen molar-refractivity contribution in [3.63, 3.8) is 0 Å². The Labute approximate surface area is 75.1 Å². The van der Waals surface area contributed by atoms with Crippen LogP contribution < -0.4 is 5.11 Å². The molecule has 0 saturated carbocycles. The Hall–Kier alpha value is -1.46. The Balaban J connectivity index is 3.00. The van der Waals surface area contributed by atoms with Crippen LogP contribution in [0.15, 0.2) is 0 Å². The Bertz CT molecular complexity index is 148. The summed E-state index contributed by atoms with van der Waals surface area (Å²) in [6.45, 7) is 0.204. The summed E-state index contributed by atoms with van der Waals surface area (Å²) in [5.41, 5.74) is 0. The highest BCUT2D eigenvalue weighted by atomic mass is 16.7. The molecule has 0 aromatic rings. The fourth-order valence-electron chi connectivity index (χ4n) is 0.696. The van der Waals surface area contributed by atoms with Gasteiger partial charge in [-0.15, -0.1) is 0 Å². The van der Waals surface area contributed by atoms with E-state index in [9.17, 15) is 14.7 Å². The number of unbranched alkanes of at least 4 members (excludes halogenated alkanes) is 2. The van der Waals surface area contributed by atoms with Gasteiger partial charge in [0.1, 0.15) is 0 Å². The Morgan fingerprint density at radius 2 is 1.62 bits per heavy atom. The van der Waals surface area contributed by atoms with E-state index in [1.54, 1.807) is 0 Å². The first-order valence-electron chi connectivity index (χ1n) is 3.82. The number of carbonyl (C=O) groups is 2. The highest BCUT2D eigenvalue weighted by molar-refractivity contribution is 5.56. The maximum Gasteiger partial charge on any atom is 0.505 e. The summed E-state index contributed by atoms with van der Waals surface area (Å²) >= 11 is 0. The van der Waals surface area contributed by atoms with Gasteiger partial charge in [-0.1, -0.05) is 0 Å². The van der Waals surface area contributed by atoms with Crippen LogP contribution >= 0.6 is 0 Å². The van der Waals surface area contributed by atoms with Crippen LogP contribution in [0, 0.1) is 0 Å². The summed E-state index contributed by atoms with van der Waals surface area (Å²) < 4.78 is 8.33. The van der Waals surface area contributed by atoms with Gasteiger partial charge in [-0.25, -0.2) is 4.79 Å². The quantitative estimate of drug-likeness (QED) is 0.476. The number of carbonyl (C=O) groups excluding carboxylic acids is 1. The highest BCUT2D eigenvalue weighted by Gasteiger charge is 1.95. The zero-order valence-electron chi connectivity index (χ0n) is 7.02. The van der Waals surface area contributed by atoms with Crippen LogP contribution in [0.3, 0.4) is 0 Å². The van der Waals surface area contributed by atoms with E-state index in [4.69, 9.17) is 5.11 Å². The lowest BCUT2D eigenvalue weighted by Gasteiger charge is -2.06. The van der Waals surface area contributed by atoms with E-state index in [1.807, 2.05) is 0 Å². The second kappa shape index (κ2) is 7.20. The predicted octanol–water partition coefficient (Wildman–Crippen LogP) is 0.211. The van der Waals surface area contributed by atoms with E-state index >= 15 is 0 Å². The Morgan fingerprint density at radius 3 is 2.08 bits per heavy atom.